The fraction of sp³-hybridized carbons (Fsp3) is 0.588. The molecule has 2 saturated carbocycles. The van der Waals surface area contributed by atoms with E-state index < -0.39 is 0 Å². The van der Waals surface area contributed by atoms with Crippen molar-refractivity contribution in [3.05, 3.63) is 30.1 Å². The summed E-state index contributed by atoms with van der Waals surface area (Å²) in [6.45, 7) is 5.37. The highest BCUT2D eigenvalue weighted by Crippen LogP contribution is 2.32. The van der Waals surface area contributed by atoms with Gasteiger partial charge in [0.1, 0.15) is 5.65 Å². The van der Waals surface area contributed by atoms with Gasteiger partial charge in [0.2, 0.25) is 0 Å². The number of imidazole rings is 1. The topological polar surface area (TPSA) is 32.6 Å². The lowest BCUT2D eigenvalue weighted by molar-refractivity contribution is 0.661. The summed E-state index contributed by atoms with van der Waals surface area (Å²) < 4.78 is 2.25. The monoisotopic (exact) mass is 284 g/mol. The van der Waals surface area contributed by atoms with Gasteiger partial charge in [0.05, 0.1) is 5.69 Å². The van der Waals surface area contributed by atoms with E-state index in [1.807, 2.05) is 0 Å². The summed E-state index contributed by atoms with van der Waals surface area (Å²) in [5, 5.41) is 3.65. The first-order valence-corrected chi connectivity index (χ1v) is 8.29. The average molecular weight is 284 g/mol. The van der Waals surface area contributed by atoms with Gasteiger partial charge in [-0.2, -0.15) is 0 Å². The van der Waals surface area contributed by atoms with E-state index in [-0.39, 0.29) is 0 Å². The molecule has 0 aliphatic heterocycles. The molecule has 112 valence electrons. The van der Waals surface area contributed by atoms with Crippen LogP contribution >= 0.6 is 0 Å². The van der Waals surface area contributed by atoms with E-state index in [1.165, 1.54) is 37.2 Å². The van der Waals surface area contributed by atoms with Gasteiger partial charge < -0.3 is 14.6 Å². The number of pyridine rings is 1. The zero-order valence-corrected chi connectivity index (χ0v) is 12.8. The lowest BCUT2D eigenvalue weighted by atomic mass is 10.3. The Hall–Kier alpha value is -1.55. The largest absolute Gasteiger partial charge is 0.355 e. The molecule has 21 heavy (non-hydrogen) atoms. The fourth-order valence-corrected chi connectivity index (χ4v) is 2.96. The first-order chi connectivity index (χ1) is 10.3. The molecule has 2 aromatic heterocycles. The normalized spacial score (nSPS) is 18.3. The predicted octanol–water partition coefficient (Wildman–Crippen LogP) is 2.82. The molecule has 0 aromatic carbocycles. The summed E-state index contributed by atoms with van der Waals surface area (Å²) in [5.41, 5.74) is 2.38. The Bertz CT molecular complexity index is 625. The van der Waals surface area contributed by atoms with Crippen molar-refractivity contribution >= 4 is 11.5 Å². The van der Waals surface area contributed by atoms with E-state index in [1.54, 1.807) is 0 Å². The van der Waals surface area contributed by atoms with Gasteiger partial charge in [0, 0.05) is 31.9 Å². The van der Waals surface area contributed by atoms with Gasteiger partial charge in [-0.3, -0.25) is 0 Å². The lowest BCUT2D eigenvalue weighted by Crippen LogP contribution is -2.28. The summed E-state index contributed by atoms with van der Waals surface area (Å²) in [7, 11) is 0. The van der Waals surface area contributed by atoms with Gasteiger partial charge in [-0.25, -0.2) is 4.98 Å². The van der Waals surface area contributed by atoms with Crippen LogP contribution in [0.5, 0.6) is 0 Å². The van der Waals surface area contributed by atoms with Gasteiger partial charge in [0.15, 0.2) is 5.82 Å². The minimum Gasteiger partial charge on any atom is -0.355 e. The van der Waals surface area contributed by atoms with Crippen LogP contribution in [0, 0.1) is 5.92 Å². The molecule has 0 bridgehead atoms. The van der Waals surface area contributed by atoms with E-state index in [9.17, 15) is 0 Å². The van der Waals surface area contributed by atoms with Crippen molar-refractivity contribution < 1.29 is 0 Å². The Morgan fingerprint density at radius 2 is 2.14 bits per heavy atom. The number of hydrogen-bond donors (Lipinski definition) is 1. The molecule has 2 fully saturated rings. The Labute approximate surface area is 126 Å². The molecule has 0 atom stereocenters. The van der Waals surface area contributed by atoms with Crippen LogP contribution in [0.3, 0.4) is 0 Å². The fourth-order valence-electron chi connectivity index (χ4n) is 2.96. The lowest BCUT2D eigenvalue weighted by Gasteiger charge is -2.22. The second-order valence-corrected chi connectivity index (χ2v) is 6.45. The maximum absolute atomic E-state index is 4.91. The van der Waals surface area contributed by atoms with Crippen LogP contribution in [0.1, 0.15) is 38.3 Å². The Balaban J connectivity index is 1.67. The molecule has 0 saturated heterocycles. The molecule has 2 aromatic rings. The molecule has 4 heteroatoms. The standard InChI is InChI=1S/C17H24N4/c1-2-20(12-13-6-7-13)17-15(11-18-14-8-9-14)21-10-4-3-5-16(21)19-17/h3-5,10,13-14,18H,2,6-9,11-12H2,1H3. The van der Waals surface area contributed by atoms with Crippen molar-refractivity contribution in [1.82, 2.24) is 14.7 Å². The van der Waals surface area contributed by atoms with Crippen LogP contribution in [0.25, 0.3) is 5.65 Å². The SMILES string of the molecule is CCN(CC1CC1)c1nc2ccccn2c1CNC1CC1. The highest BCUT2D eigenvalue weighted by Gasteiger charge is 2.27. The Kier molecular flexibility index (Phi) is 3.34. The maximum Gasteiger partial charge on any atom is 0.152 e. The summed E-state index contributed by atoms with van der Waals surface area (Å²) in [5.74, 6) is 2.07. The van der Waals surface area contributed by atoms with Crippen LogP contribution in [0.4, 0.5) is 5.82 Å². The van der Waals surface area contributed by atoms with Crippen LogP contribution in [-0.2, 0) is 6.54 Å². The van der Waals surface area contributed by atoms with Crippen molar-refractivity contribution in [2.45, 2.75) is 45.2 Å². The van der Waals surface area contributed by atoms with Crippen molar-refractivity contribution in [2.24, 2.45) is 5.92 Å². The number of hydrogen-bond acceptors (Lipinski definition) is 3. The third-order valence-corrected chi connectivity index (χ3v) is 4.60. The summed E-state index contributed by atoms with van der Waals surface area (Å²) in [4.78, 5) is 7.38. The average Bonchev–Trinajstić information content (AvgIpc) is 3.42. The molecule has 0 spiro atoms. The van der Waals surface area contributed by atoms with Crippen molar-refractivity contribution in [2.75, 3.05) is 18.0 Å². The highest BCUT2D eigenvalue weighted by molar-refractivity contribution is 5.56. The third-order valence-electron chi connectivity index (χ3n) is 4.60. The van der Waals surface area contributed by atoms with E-state index in [0.29, 0.717) is 0 Å². The number of rotatable bonds is 7. The number of aromatic nitrogens is 2. The molecule has 2 aliphatic rings. The molecule has 1 N–H and O–H groups in total. The van der Waals surface area contributed by atoms with Crippen LogP contribution in [0.15, 0.2) is 24.4 Å². The van der Waals surface area contributed by atoms with Crippen molar-refractivity contribution in [3.63, 3.8) is 0 Å². The molecule has 4 nitrogen and oxygen atoms in total. The summed E-state index contributed by atoms with van der Waals surface area (Å²) >= 11 is 0. The van der Waals surface area contributed by atoms with Gasteiger partial charge in [0.25, 0.3) is 0 Å². The van der Waals surface area contributed by atoms with Crippen molar-refractivity contribution in [1.29, 1.82) is 0 Å². The van der Waals surface area contributed by atoms with Gasteiger partial charge >= 0.3 is 0 Å². The van der Waals surface area contributed by atoms with E-state index >= 15 is 0 Å². The van der Waals surface area contributed by atoms with E-state index in [2.05, 4.69) is 45.9 Å². The molecule has 0 unspecified atom stereocenters. The first kappa shape index (κ1) is 13.1. The number of anilines is 1. The maximum atomic E-state index is 4.91. The third kappa shape index (κ3) is 2.77. The Morgan fingerprint density at radius 3 is 2.86 bits per heavy atom. The van der Waals surface area contributed by atoms with Gasteiger partial charge in [-0.1, -0.05) is 6.07 Å². The molecule has 2 heterocycles. The molecular formula is C17H24N4. The molecule has 4 rings (SSSR count). The molecule has 0 amide bonds. The highest BCUT2D eigenvalue weighted by atomic mass is 15.2. The minimum absolute atomic E-state index is 0.727. The quantitative estimate of drug-likeness (QED) is 0.848. The first-order valence-electron chi connectivity index (χ1n) is 8.29. The van der Waals surface area contributed by atoms with Crippen LogP contribution in [-0.4, -0.2) is 28.5 Å². The van der Waals surface area contributed by atoms with Gasteiger partial charge in [-0.15, -0.1) is 0 Å². The van der Waals surface area contributed by atoms with E-state index in [0.717, 1.165) is 37.2 Å². The van der Waals surface area contributed by atoms with Crippen molar-refractivity contribution in [3.8, 4) is 0 Å². The second kappa shape index (κ2) is 5.34. The summed E-state index contributed by atoms with van der Waals surface area (Å²) in [6.07, 6.45) is 7.57. The Morgan fingerprint density at radius 1 is 1.29 bits per heavy atom. The van der Waals surface area contributed by atoms with E-state index in [4.69, 9.17) is 4.98 Å². The second-order valence-electron chi connectivity index (χ2n) is 6.45. The molecular weight excluding hydrogens is 260 g/mol. The number of fused-ring (bicyclic) bond motifs is 1. The predicted molar refractivity (Wildman–Crippen MR) is 85.7 cm³/mol. The zero-order chi connectivity index (χ0) is 14.2. The molecule has 0 radical (unpaired) electrons. The smallest absolute Gasteiger partial charge is 0.152 e. The molecule has 2 aliphatic carbocycles. The van der Waals surface area contributed by atoms with Gasteiger partial charge in [-0.05, 0) is 50.7 Å². The zero-order valence-electron chi connectivity index (χ0n) is 12.8. The van der Waals surface area contributed by atoms with Crippen LogP contribution in [0.2, 0.25) is 0 Å². The summed E-state index contributed by atoms with van der Waals surface area (Å²) in [6, 6.07) is 7.00. The minimum atomic E-state index is 0.727. The van der Waals surface area contributed by atoms with Crippen LogP contribution < -0.4 is 10.2 Å². The number of nitrogens with one attached hydrogen (secondary N) is 1. The number of nitrogens with zero attached hydrogens (tertiary/aromatic N) is 3.